The van der Waals surface area contributed by atoms with Crippen LogP contribution < -0.4 is 10.5 Å². The SMILES string of the molecule is Cc1c(Oc2c(F)c(N)cc(F)c2F)ccc([N+](=O)[O-])c1C(=O)OC(C)(C)C. The summed E-state index contributed by atoms with van der Waals surface area (Å²) in [6.45, 7) is 5.95. The second-order valence-electron chi connectivity index (χ2n) is 6.85. The molecule has 28 heavy (non-hydrogen) atoms. The number of benzene rings is 2. The fourth-order valence-electron chi connectivity index (χ4n) is 2.33. The third kappa shape index (κ3) is 4.16. The molecule has 0 atom stereocenters. The van der Waals surface area contributed by atoms with Gasteiger partial charge in [-0.05, 0) is 33.8 Å². The molecule has 150 valence electrons. The molecule has 2 N–H and O–H groups in total. The molecule has 0 spiro atoms. The van der Waals surface area contributed by atoms with E-state index in [2.05, 4.69) is 0 Å². The van der Waals surface area contributed by atoms with E-state index in [9.17, 15) is 28.1 Å². The molecule has 0 heterocycles. The van der Waals surface area contributed by atoms with Crippen molar-refractivity contribution in [1.29, 1.82) is 0 Å². The molecule has 0 amide bonds. The van der Waals surface area contributed by atoms with Gasteiger partial charge < -0.3 is 15.2 Å². The molecule has 0 aromatic heterocycles. The molecule has 0 aliphatic carbocycles. The number of nitro benzene ring substituents is 1. The molecule has 0 aliphatic rings. The van der Waals surface area contributed by atoms with E-state index >= 15 is 0 Å². The molecule has 0 radical (unpaired) electrons. The predicted molar refractivity (Wildman–Crippen MR) is 93.8 cm³/mol. The number of hydrogen-bond acceptors (Lipinski definition) is 6. The predicted octanol–water partition coefficient (Wildman–Crippen LogP) is 4.65. The smallest absolute Gasteiger partial charge is 0.346 e. The zero-order chi connectivity index (χ0) is 21.4. The van der Waals surface area contributed by atoms with Gasteiger partial charge in [0.1, 0.15) is 16.9 Å². The number of halogens is 3. The number of rotatable bonds is 4. The van der Waals surface area contributed by atoms with E-state index < -0.39 is 56.6 Å². The van der Waals surface area contributed by atoms with Crippen molar-refractivity contribution in [2.75, 3.05) is 5.73 Å². The quantitative estimate of drug-likeness (QED) is 0.264. The Bertz CT molecular complexity index is 945. The summed E-state index contributed by atoms with van der Waals surface area (Å²) >= 11 is 0. The number of nitrogens with zero attached hydrogens (tertiary/aromatic N) is 1. The van der Waals surface area contributed by atoms with Crippen molar-refractivity contribution in [2.45, 2.75) is 33.3 Å². The van der Waals surface area contributed by atoms with Gasteiger partial charge >= 0.3 is 5.97 Å². The minimum Gasteiger partial charge on any atom is -0.456 e. The highest BCUT2D eigenvalue weighted by Crippen LogP contribution is 2.37. The molecule has 0 saturated carbocycles. The summed E-state index contributed by atoms with van der Waals surface area (Å²) in [5.41, 5.74) is 2.46. The van der Waals surface area contributed by atoms with Gasteiger partial charge in [-0.3, -0.25) is 10.1 Å². The molecule has 0 bridgehead atoms. The van der Waals surface area contributed by atoms with E-state index in [0.717, 1.165) is 12.1 Å². The highest BCUT2D eigenvalue weighted by Gasteiger charge is 2.30. The Morgan fingerprint density at radius 2 is 1.79 bits per heavy atom. The van der Waals surface area contributed by atoms with Crippen molar-refractivity contribution in [1.82, 2.24) is 0 Å². The van der Waals surface area contributed by atoms with Crippen LogP contribution in [0.2, 0.25) is 0 Å². The number of nitrogen functional groups attached to an aromatic ring is 1. The first-order valence-electron chi connectivity index (χ1n) is 7.95. The average Bonchev–Trinajstić information content (AvgIpc) is 2.56. The number of esters is 1. The first-order valence-corrected chi connectivity index (χ1v) is 7.95. The molecule has 10 heteroatoms. The van der Waals surface area contributed by atoms with Crippen LogP contribution >= 0.6 is 0 Å². The zero-order valence-corrected chi connectivity index (χ0v) is 15.4. The molecule has 0 aliphatic heterocycles. The molecule has 7 nitrogen and oxygen atoms in total. The van der Waals surface area contributed by atoms with E-state index in [-0.39, 0.29) is 11.3 Å². The molecule has 0 saturated heterocycles. The zero-order valence-electron chi connectivity index (χ0n) is 15.4. The van der Waals surface area contributed by atoms with Gasteiger partial charge in [0.25, 0.3) is 5.69 Å². The Balaban J connectivity index is 2.62. The number of nitro groups is 1. The summed E-state index contributed by atoms with van der Waals surface area (Å²) in [6.07, 6.45) is 0. The third-order valence-corrected chi connectivity index (χ3v) is 3.55. The first-order chi connectivity index (χ1) is 12.8. The van der Waals surface area contributed by atoms with Crippen molar-refractivity contribution >= 4 is 17.3 Å². The van der Waals surface area contributed by atoms with E-state index in [1.165, 1.54) is 6.92 Å². The number of carbonyl (C=O) groups excluding carboxylic acids is 1. The lowest BCUT2D eigenvalue weighted by molar-refractivity contribution is -0.385. The highest BCUT2D eigenvalue weighted by molar-refractivity contribution is 5.96. The van der Waals surface area contributed by atoms with Crippen LogP contribution in [0.25, 0.3) is 0 Å². The van der Waals surface area contributed by atoms with E-state index in [1.54, 1.807) is 20.8 Å². The maximum absolute atomic E-state index is 14.1. The summed E-state index contributed by atoms with van der Waals surface area (Å²) in [5, 5.41) is 11.3. The molecular formula is C18H17F3N2O5. The largest absolute Gasteiger partial charge is 0.456 e. The van der Waals surface area contributed by atoms with Crippen LogP contribution in [0.3, 0.4) is 0 Å². The van der Waals surface area contributed by atoms with Crippen molar-refractivity contribution in [3.05, 3.63) is 56.9 Å². The van der Waals surface area contributed by atoms with Gasteiger partial charge in [-0.2, -0.15) is 4.39 Å². The second-order valence-corrected chi connectivity index (χ2v) is 6.85. The van der Waals surface area contributed by atoms with Crippen molar-refractivity contribution < 1.29 is 32.4 Å². The topological polar surface area (TPSA) is 105 Å². The van der Waals surface area contributed by atoms with E-state index in [4.69, 9.17) is 15.2 Å². The molecule has 0 unspecified atom stereocenters. The minimum atomic E-state index is -1.64. The van der Waals surface area contributed by atoms with Crippen LogP contribution in [0, 0.1) is 34.5 Å². The lowest BCUT2D eigenvalue weighted by Crippen LogP contribution is -2.25. The summed E-state index contributed by atoms with van der Waals surface area (Å²) in [5.74, 6) is -6.90. The van der Waals surface area contributed by atoms with Gasteiger partial charge in [-0.15, -0.1) is 0 Å². The second kappa shape index (κ2) is 7.37. The fourth-order valence-corrected chi connectivity index (χ4v) is 2.33. The first kappa shape index (κ1) is 21.0. The monoisotopic (exact) mass is 398 g/mol. The molecule has 0 fully saturated rings. The van der Waals surface area contributed by atoms with E-state index in [0.29, 0.717) is 6.07 Å². The van der Waals surface area contributed by atoms with Gasteiger partial charge in [0.05, 0.1) is 10.6 Å². The Morgan fingerprint density at radius 1 is 1.18 bits per heavy atom. The summed E-state index contributed by atoms with van der Waals surface area (Å²) < 4.78 is 51.8. The number of anilines is 1. The normalized spacial score (nSPS) is 11.2. The van der Waals surface area contributed by atoms with Crippen LogP contribution in [0.4, 0.5) is 24.5 Å². The van der Waals surface area contributed by atoms with Crippen LogP contribution in [-0.2, 0) is 4.74 Å². The number of hydrogen-bond donors (Lipinski definition) is 1. The molecule has 2 rings (SSSR count). The molecule has 2 aromatic carbocycles. The number of carbonyl (C=O) groups is 1. The van der Waals surface area contributed by atoms with Gasteiger partial charge in [-0.1, -0.05) is 0 Å². The standard InChI is InChI=1S/C18H17F3N2O5/c1-8-12(27-16-14(20)9(19)7-10(22)15(16)21)6-5-11(23(25)26)13(8)17(24)28-18(2,3)4/h5-7H,22H2,1-4H3. The van der Waals surface area contributed by atoms with Crippen LogP contribution in [0.1, 0.15) is 36.7 Å². The van der Waals surface area contributed by atoms with Gasteiger partial charge in [0.2, 0.25) is 11.6 Å². The Morgan fingerprint density at radius 3 is 2.32 bits per heavy atom. The summed E-state index contributed by atoms with van der Waals surface area (Å²) in [6, 6.07) is 2.40. The Kier molecular flexibility index (Phi) is 5.53. The fraction of sp³-hybridized carbons (Fsp3) is 0.278. The highest BCUT2D eigenvalue weighted by atomic mass is 19.2. The molecule has 2 aromatic rings. The Hall–Kier alpha value is -3.30. The minimum absolute atomic E-state index is 0.120. The lowest BCUT2D eigenvalue weighted by atomic mass is 10.0. The van der Waals surface area contributed by atoms with Gasteiger partial charge in [0.15, 0.2) is 11.6 Å². The van der Waals surface area contributed by atoms with Crippen LogP contribution in [0.15, 0.2) is 18.2 Å². The summed E-state index contributed by atoms with van der Waals surface area (Å²) in [4.78, 5) is 22.9. The van der Waals surface area contributed by atoms with Crippen LogP contribution in [0.5, 0.6) is 11.5 Å². The van der Waals surface area contributed by atoms with Crippen molar-refractivity contribution in [2.24, 2.45) is 0 Å². The third-order valence-electron chi connectivity index (χ3n) is 3.55. The van der Waals surface area contributed by atoms with Crippen molar-refractivity contribution in [3.8, 4) is 11.5 Å². The number of ether oxygens (including phenoxy) is 2. The maximum Gasteiger partial charge on any atom is 0.346 e. The number of nitrogens with two attached hydrogens (primary N) is 1. The summed E-state index contributed by atoms with van der Waals surface area (Å²) in [7, 11) is 0. The average molecular weight is 398 g/mol. The maximum atomic E-state index is 14.1. The van der Waals surface area contributed by atoms with Crippen LogP contribution in [-0.4, -0.2) is 16.5 Å². The lowest BCUT2D eigenvalue weighted by Gasteiger charge is -2.21. The molecular weight excluding hydrogens is 381 g/mol. The van der Waals surface area contributed by atoms with Crippen molar-refractivity contribution in [3.63, 3.8) is 0 Å². The van der Waals surface area contributed by atoms with Gasteiger partial charge in [-0.25, -0.2) is 13.6 Å². The Labute approximate surface area is 158 Å². The van der Waals surface area contributed by atoms with E-state index in [1.807, 2.05) is 0 Å². The van der Waals surface area contributed by atoms with Gasteiger partial charge in [0, 0.05) is 17.7 Å².